The van der Waals surface area contributed by atoms with Crippen molar-refractivity contribution in [2.75, 3.05) is 0 Å². The summed E-state index contributed by atoms with van der Waals surface area (Å²) in [6.07, 6.45) is 3.11. The van der Waals surface area contributed by atoms with Gasteiger partial charge in [-0.05, 0) is 12.8 Å². The Morgan fingerprint density at radius 3 is 2.18 bits per heavy atom. The van der Waals surface area contributed by atoms with E-state index >= 15 is 0 Å². The lowest BCUT2D eigenvalue weighted by Gasteiger charge is -2.40. The van der Waals surface area contributed by atoms with E-state index in [-0.39, 0.29) is 24.9 Å². The normalized spacial score (nSPS) is 42.0. The molecule has 0 aliphatic carbocycles. The van der Waals surface area contributed by atoms with Gasteiger partial charge in [-0.15, -0.1) is 0 Å². The Balaban J connectivity index is 2.05. The van der Waals surface area contributed by atoms with Crippen LogP contribution in [0.25, 0.3) is 0 Å². The van der Waals surface area contributed by atoms with Crippen molar-refractivity contribution in [2.45, 2.75) is 50.1 Å². The Bertz CT molecular complexity index is 144. The Morgan fingerprint density at radius 2 is 1.64 bits per heavy atom. The number of hydrogen-bond acceptors (Lipinski definition) is 1. The van der Waals surface area contributed by atoms with Crippen molar-refractivity contribution in [1.29, 1.82) is 0 Å². The number of halogens is 2. The summed E-state index contributed by atoms with van der Waals surface area (Å²) in [5, 5.41) is 3.23. The molecular weight excluding hydrogens is 148 g/mol. The van der Waals surface area contributed by atoms with Gasteiger partial charge < -0.3 is 5.32 Å². The molecule has 64 valence electrons. The third kappa shape index (κ3) is 1.53. The molecule has 1 nitrogen and oxygen atoms in total. The molecule has 2 atom stereocenters. The smallest absolute Gasteiger partial charge is 0.251 e. The molecule has 2 rings (SSSR count). The molecule has 2 saturated heterocycles. The number of piperidine rings is 2. The quantitative estimate of drug-likeness (QED) is 0.572. The maximum atomic E-state index is 12.9. The van der Waals surface area contributed by atoms with Crippen LogP contribution in [0.15, 0.2) is 0 Å². The van der Waals surface area contributed by atoms with E-state index in [2.05, 4.69) is 5.32 Å². The van der Waals surface area contributed by atoms with Crippen molar-refractivity contribution in [3.8, 4) is 0 Å². The fraction of sp³-hybridized carbons (Fsp3) is 1.00. The second-order valence-electron chi connectivity index (χ2n) is 3.76. The summed E-state index contributed by atoms with van der Waals surface area (Å²) < 4.78 is 25.8. The minimum absolute atomic E-state index is 0.0590. The molecule has 0 aromatic heterocycles. The third-order valence-electron chi connectivity index (χ3n) is 2.67. The van der Waals surface area contributed by atoms with Crippen LogP contribution in [0.4, 0.5) is 8.78 Å². The van der Waals surface area contributed by atoms with Gasteiger partial charge in [0.05, 0.1) is 0 Å². The monoisotopic (exact) mass is 161 g/mol. The van der Waals surface area contributed by atoms with E-state index < -0.39 is 5.92 Å². The molecule has 2 unspecified atom stereocenters. The van der Waals surface area contributed by atoms with Gasteiger partial charge in [0.2, 0.25) is 0 Å². The fourth-order valence-corrected chi connectivity index (χ4v) is 2.24. The van der Waals surface area contributed by atoms with E-state index in [0.29, 0.717) is 0 Å². The highest BCUT2D eigenvalue weighted by atomic mass is 19.3. The number of fused-ring (bicyclic) bond motifs is 2. The van der Waals surface area contributed by atoms with Gasteiger partial charge in [0.1, 0.15) is 0 Å². The molecular formula is C8H13F2N. The molecule has 0 spiro atoms. The first kappa shape index (κ1) is 7.47. The zero-order valence-electron chi connectivity index (χ0n) is 6.45. The van der Waals surface area contributed by atoms with Crippen molar-refractivity contribution in [2.24, 2.45) is 0 Å². The summed E-state index contributed by atoms with van der Waals surface area (Å²) in [6, 6.07) is 0.190. The van der Waals surface area contributed by atoms with Gasteiger partial charge in [-0.25, -0.2) is 8.78 Å². The van der Waals surface area contributed by atoms with Crippen LogP contribution in [0, 0.1) is 0 Å². The van der Waals surface area contributed by atoms with Gasteiger partial charge >= 0.3 is 0 Å². The molecule has 0 saturated carbocycles. The second-order valence-corrected chi connectivity index (χ2v) is 3.76. The zero-order valence-corrected chi connectivity index (χ0v) is 6.45. The van der Waals surface area contributed by atoms with Gasteiger partial charge in [0, 0.05) is 24.9 Å². The number of alkyl halides is 2. The first-order chi connectivity index (χ1) is 5.16. The van der Waals surface area contributed by atoms with Crippen LogP contribution >= 0.6 is 0 Å². The first-order valence-corrected chi connectivity index (χ1v) is 4.30. The fourth-order valence-electron chi connectivity index (χ4n) is 2.24. The van der Waals surface area contributed by atoms with Gasteiger partial charge in [0.25, 0.3) is 5.92 Å². The van der Waals surface area contributed by atoms with E-state index in [0.717, 1.165) is 19.3 Å². The highest BCUT2D eigenvalue weighted by molar-refractivity contribution is 4.92. The van der Waals surface area contributed by atoms with Crippen LogP contribution in [0.2, 0.25) is 0 Å². The highest BCUT2D eigenvalue weighted by Gasteiger charge is 2.42. The van der Waals surface area contributed by atoms with Crippen molar-refractivity contribution < 1.29 is 8.78 Å². The van der Waals surface area contributed by atoms with Crippen molar-refractivity contribution in [3.05, 3.63) is 0 Å². The van der Waals surface area contributed by atoms with E-state index in [9.17, 15) is 8.78 Å². The summed E-state index contributed by atoms with van der Waals surface area (Å²) in [7, 11) is 0. The van der Waals surface area contributed by atoms with Crippen molar-refractivity contribution in [1.82, 2.24) is 5.32 Å². The molecule has 2 fully saturated rings. The average molecular weight is 161 g/mol. The topological polar surface area (TPSA) is 12.0 Å². The highest BCUT2D eigenvalue weighted by Crippen LogP contribution is 2.36. The predicted octanol–water partition coefficient (Wildman–Crippen LogP) is 1.93. The van der Waals surface area contributed by atoms with Crippen LogP contribution in [0.1, 0.15) is 32.1 Å². The molecule has 1 N–H and O–H groups in total. The number of nitrogens with one attached hydrogen (secondary N) is 1. The maximum absolute atomic E-state index is 12.9. The lowest BCUT2D eigenvalue weighted by Crippen LogP contribution is -2.52. The summed E-state index contributed by atoms with van der Waals surface area (Å²) in [5.41, 5.74) is 0. The molecule has 0 aromatic rings. The molecule has 3 heteroatoms. The van der Waals surface area contributed by atoms with Gasteiger partial charge in [-0.1, -0.05) is 6.42 Å². The lowest BCUT2D eigenvalue weighted by atomic mass is 9.85. The van der Waals surface area contributed by atoms with Crippen LogP contribution in [-0.2, 0) is 0 Å². The van der Waals surface area contributed by atoms with Crippen LogP contribution < -0.4 is 5.32 Å². The minimum atomic E-state index is -2.39. The van der Waals surface area contributed by atoms with Gasteiger partial charge in [-0.2, -0.15) is 0 Å². The summed E-state index contributed by atoms with van der Waals surface area (Å²) in [5.74, 6) is -2.39. The van der Waals surface area contributed by atoms with E-state index in [1.54, 1.807) is 0 Å². The van der Waals surface area contributed by atoms with Gasteiger partial charge in [-0.3, -0.25) is 0 Å². The van der Waals surface area contributed by atoms with Crippen molar-refractivity contribution in [3.63, 3.8) is 0 Å². The molecule has 0 aromatic carbocycles. The zero-order chi connectivity index (χ0) is 7.90. The standard InChI is InChI=1S/C8H13F2N/c9-8(10)4-6-2-1-3-7(5-8)11-6/h6-7,11H,1-5H2. The molecule has 2 aliphatic heterocycles. The summed E-state index contributed by atoms with van der Waals surface area (Å²) in [4.78, 5) is 0. The SMILES string of the molecule is FC1(F)CC2CCCC(C1)N2. The summed E-state index contributed by atoms with van der Waals surface area (Å²) in [6.45, 7) is 0. The molecule has 0 radical (unpaired) electrons. The molecule has 11 heavy (non-hydrogen) atoms. The van der Waals surface area contributed by atoms with Gasteiger partial charge in [0.15, 0.2) is 0 Å². The predicted molar refractivity (Wildman–Crippen MR) is 38.7 cm³/mol. The number of rotatable bonds is 0. The average Bonchev–Trinajstić information content (AvgIpc) is 1.82. The molecule has 0 amide bonds. The van der Waals surface area contributed by atoms with Crippen LogP contribution in [-0.4, -0.2) is 18.0 Å². The van der Waals surface area contributed by atoms with E-state index in [1.807, 2.05) is 0 Å². The Morgan fingerprint density at radius 1 is 1.09 bits per heavy atom. The first-order valence-electron chi connectivity index (χ1n) is 4.30. The Kier molecular flexibility index (Phi) is 1.63. The largest absolute Gasteiger partial charge is 0.311 e. The molecule has 2 aliphatic rings. The van der Waals surface area contributed by atoms with Crippen molar-refractivity contribution >= 4 is 0 Å². The minimum Gasteiger partial charge on any atom is -0.311 e. The third-order valence-corrected chi connectivity index (χ3v) is 2.67. The van der Waals surface area contributed by atoms with E-state index in [1.165, 1.54) is 0 Å². The van der Waals surface area contributed by atoms with E-state index in [4.69, 9.17) is 0 Å². The second kappa shape index (κ2) is 2.41. The maximum Gasteiger partial charge on any atom is 0.251 e. The molecule has 2 heterocycles. The lowest BCUT2D eigenvalue weighted by molar-refractivity contribution is -0.0648. The summed E-state index contributed by atoms with van der Waals surface area (Å²) >= 11 is 0. The Hall–Kier alpha value is -0.180. The Labute approximate surface area is 65.2 Å². The van der Waals surface area contributed by atoms with Crippen LogP contribution in [0.5, 0.6) is 0 Å². The number of hydrogen-bond donors (Lipinski definition) is 1. The van der Waals surface area contributed by atoms with Crippen LogP contribution in [0.3, 0.4) is 0 Å². The molecule has 2 bridgehead atoms.